The number of amides is 1. The zero-order chi connectivity index (χ0) is 27.7. The molecule has 1 aliphatic rings. The molecule has 0 unspecified atom stereocenters. The lowest BCUT2D eigenvalue weighted by Gasteiger charge is -2.28. The minimum atomic E-state index is -3.75. The number of aromatic nitrogens is 1. The van der Waals surface area contributed by atoms with E-state index in [1.54, 1.807) is 19.1 Å². The average molecular weight is 605 g/mol. The van der Waals surface area contributed by atoms with Gasteiger partial charge in [-0.1, -0.05) is 58.8 Å². The van der Waals surface area contributed by atoms with Gasteiger partial charge in [0.25, 0.3) is 5.91 Å². The van der Waals surface area contributed by atoms with Gasteiger partial charge in [-0.15, -0.1) is 0 Å². The largest absolute Gasteiger partial charge is 0.465 e. The molecular formula is C27H23Cl2N3O5S2. The minimum absolute atomic E-state index is 0.0964. The van der Waals surface area contributed by atoms with Crippen molar-refractivity contribution in [3.8, 4) is 0 Å². The molecule has 8 nitrogen and oxygen atoms in total. The molecule has 5 rings (SSSR count). The third kappa shape index (κ3) is 5.53. The van der Waals surface area contributed by atoms with Gasteiger partial charge in [-0.05, 0) is 60.9 Å². The van der Waals surface area contributed by atoms with Crippen molar-refractivity contribution in [3.05, 3.63) is 92.2 Å². The number of fused-ring (bicyclic) bond motifs is 2. The maximum Gasteiger partial charge on any atom is 0.326 e. The summed E-state index contributed by atoms with van der Waals surface area (Å²) in [7, 11) is -3.75. The molecule has 0 atom stereocenters. The van der Waals surface area contributed by atoms with Crippen LogP contribution in [0.4, 0.5) is 0 Å². The number of carbonyl (C=O) groups is 2. The SMILES string of the molecule is CCOC(=O)Cn1c(=NC(=O)c2ccc(S(=O)(=O)N3CCc4ccccc4C3)cc2)sc2ccc(Cl)c(Cl)c21. The van der Waals surface area contributed by atoms with Gasteiger partial charge in [0.15, 0.2) is 4.80 Å². The van der Waals surface area contributed by atoms with Gasteiger partial charge in [-0.3, -0.25) is 9.59 Å². The van der Waals surface area contributed by atoms with Gasteiger partial charge in [-0.2, -0.15) is 9.30 Å². The minimum Gasteiger partial charge on any atom is -0.465 e. The molecule has 0 saturated heterocycles. The van der Waals surface area contributed by atoms with Crippen LogP contribution < -0.4 is 4.80 Å². The van der Waals surface area contributed by atoms with E-state index in [9.17, 15) is 18.0 Å². The first-order chi connectivity index (χ1) is 18.7. The summed E-state index contributed by atoms with van der Waals surface area (Å²) < 4.78 is 35.3. The van der Waals surface area contributed by atoms with E-state index in [0.29, 0.717) is 34.7 Å². The van der Waals surface area contributed by atoms with Crippen molar-refractivity contribution in [1.29, 1.82) is 0 Å². The molecule has 1 aliphatic heterocycles. The summed E-state index contributed by atoms with van der Waals surface area (Å²) in [5, 5.41) is 0.532. The van der Waals surface area contributed by atoms with E-state index >= 15 is 0 Å². The smallest absolute Gasteiger partial charge is 0.326 e. The molecule has 0 fully saturated rings. The van der Waals surface area contributed by atoms with E-state index in [1.165, 1.54) is 44.5 Å². The molecule has 39 heavy (non-hydrogen) atoms. The van der Waals surface area contributed by atoms with Crippen LogP contribution >= 0.6 is 34.5 Å². The number of hydrogen-bond donors (Lipinski definition) is 0. The van der Waals surface area contributed by atoms with Crippen LogP contribution in [0.3, 0.4) is 0 Å². The molecule has 0 bridgehead atoms. The Hall–Kier alpha value is -3.02. The highest BCUT2D eigenvalue weighted by Gasteiger charge is 2.28. The van der Waals surface area contributed by atoms with Gasteiger partial charge in [-0.25, -0.2) is 8.42 Å². The second-order valence-corrected chi connectivity index (χ2v) is 12.5. The molecule has 1 amide bonds. The van der Waals surface area contributed by atoms with E-state index in [-0.39, 0.29) is 33.4 Å². The van der Waals surface area contributed by atoms with Gasteiger partial charge in [0.1, 0.15) is 6.54 Å². The molecule has 202 valence electrons. The van der Waals surface area contributed by atoms with Crippen molar-refractivity contribution in [2.75, 3.05) is 13.2 Å². The molecule has 3 aromatic carbocycles. The maximum atomic E-state index is 13.3. The Morgan fingerprint density at radius 2 is 1.74 bits per heavy atom. The molecule has 0 aliphatic carbocycles. The molecule has 4 aromatic rings. The molecule has 0 spiro atoms. The summed E-state index contributed by atoms with van der Waals surface area (Å²) in [5.74, 6) is -1.12. The number of rotatable bonds is 6. The van der Waals surface area contributed by atoms with Crippen LogP contribution in [-0.2, 0) is 39.1 Å². The monoisotopic (exact) mass is 603 g/mol. The first-order valence-electron chi connectivity index (χ1n) is 12.1. The van der Waals surface area contributed by atoms with Crippen LogP contribution in [0.25, 0.3) is 10.2 Å². The van der Waals surface area contributed by atoms with Crippen molar-refractivity contribution < 1.29 is 22.7 Å². The lowest BCUT2D eigenvalue weighted by molar-refractivity contribution is -0.143. The molecule has 12 heteroatoms. The second-order valence-electron chi connectivity index (χ2n) is 8.78. The van der Waals surface area contributed by atoms with Gasteiger partial charge < -0.3 is 9.30 Å². The zero-order valence-corrected chi connectivity index (χ0v) is 23.9. The number of hydrogen-bond acceptors (Lipinski definition) is 6. The second kappa shape index (κ2) is 11.2. The highest BCUT2D eigenvalue weighted by Crippen LogP contribution is 2.32. The van der Waals surface area contributed by atoms with Crippen LogP contribution in [0, 0.1) is 0 Å². The van der Waals surface area contributed by atoms with Gasteiger partial charge in [0.05, 0.1) is 31.8 Å². The topological polar surface area (TPSA) is 98.0 Å². The molecule has 0 radical (unpaired) electrons. The van der Waals surface area contributed by atoms with Crippen molar-refractivity contribution in [2.24, 2.45) is 4.99 Å². The Balaban J connectivity index is 1.45. The van der Waals surface area contributed by atoms with E-state index in [4.69, 9.17) is 27.9 Å². The first-order valence-corrected chi connectivity index (χ1v) is 15.1. The highest BCUT2D eigenvalue weighted by atomic mass is 35.5. The Morgan fingerprint density at radius 1 is 1.03 bits per heavy atom. The van der Waals surface area contributed by atoms with Gasteiger partial charge >= 0.3 is 5.97 Å². The zero-order valence-electron chi connectivity index (χ0n) is 20.8. The summed E-state index contributed by atoms with van der Waals surface area (Å²) in [6.07, 6.45) is 0.640. The summed E-state index contributed by atoms with van der Waals surface area (Å²) >= 11 is 13.8. The number of benzene rings is 3. The summed E-state index contributed by atoms with van der Waals surface area (Å²) in [5.41, 5.74) is 2.80. The number of ether oxygens (including phenoxy) is 1. The number of esters is 1. The summed E-state index contributed by atoms with van der Waals surface area (Å²) in [6.45, 7) is 2.36. The number of thiazole rings is 1. The maximum absolute atomic E-state index is 13.3. The van der Waals surface area contributed by atoms with E-state index < -0.39 is 21.9 Å². The fraction of sp³-hybridized carbons (Fsp3) is 0.222. The highest BCUT2D eigenvalue weighted by molar-refractivity contribution is 7.89. The molecular weight excluding hydrogens is 581 g/mol. The van der Waals surface area contributed by atoms with Crippen LogP contribution in [0.2, 0.25) is 10.0 Å². The Labute approximate surface area is 239 Å². The Bertz CT molecular complexity index is 1760. The van der Waals surface area contributed by atoms with Crippen LogP contribution in [0.15, 0.2) is 70.6 Å². The van der Waals surface area contributed by atoms with Crippen molar-refractivity contribution in [2.45, 2.75) is 31.3 Å². The predicted octanol–water partition coefficient (Wildman–Crippen LogP) is 5.06. The van der Waals surface area contributed by atoms with Gasteiger partial charge in [0, 0.05) is 18.7 Å². The quantitative estimate of drug-likeness (QED) is 0.287. The summed E-state index contributed by atoms with van der Waals surface area (Å²) in [6, 6.07) is 16.8. The Morgan fingerprint density at radius 3 is 2.46 bits per heavy atom. The number of halogens is 2. The lowest BCUT2D eigenvalue weighted by atomic mass is 10.0. The Kier molecular flexibility index (Phi) is 7.93. The number of nitrogens with zero attached hydrogens (tertiary/aromatic N) is 3. The van der Waals surface area contributed by atoms with Crippen molar-refractivity contribution >= 4 is 66.7 Å². The average Bonchev–Trinajstić information content (AvgIpc) is 3.27. The lowest BCUT2D eigenvalue weighted by Crippen LogP contribution is -2.35. The molecule has 2 heterocycles. The third-order valence-corrected chi connectivity index (χ3v) is 10.1. The molecule has 0 saturated carbocycles. The number of carbonyl (C=O) groups excluding carboxylic acids is 2. The molecule has 0 N–H and O–H groups in total. The molecule has 1 aromatic heterocycles. The van der Waals surface area contributed by atoms with Crippen molar-refractivity contribution in [3.63, 3.8) is 0 Å². The normalized spacial score (nSPS) is 14.4. The third-order valence-electron chi connectivity index (χ3n) is 6.36. The first kappa shape index (κ1) is 27.5. The number of sulfonamides is 1. The van der Waals surface area contributed by atoms with Crippen LogP contribution in [0.1, 0.15) is 28.4 Å². The van der Waals surface area contributed by atoms with Gasteiger partial charge in [0.2, 0.25) is 10.0 Å². The fourth-order valence-electron chi connectivity index (χ4n) is 4.42. The fourth-order valence-corrected chi connectivity index (χ4v) is 7.35. The van der Waals surface area contributed by atoms with E-state index in [2.05, 4.69) is 4.99 Å². The standard InChI is InChI=1S/C27H23Cl2N3O5S2/c1-2-37-23(33)16-32-25-22(12-11-21(28)24(25)29)38-27(32)30-26(34)18-7-9-20(10-8-18)39(35,36)31-14-13-17-5-3-4-6-19(17)15-31/h3-12H,2,13-16H2,1H3. The van der Waals surface area contributed by atoms with Crippen molar-refractivity contribution in [1.82, 2.24) is 8.87 Å². The van der Waals surface area contributed by atoms with E-state index in [0.717, 1.165) is 11.1 Å². The summed E-state index contributed by atoms with van der Waals surface area (Å²) in [4.78, 5) is 29.9. The van der Waals surface area contributed by atoms with Crippen LogP contribution in [0.5, 0.6) is 0 Å². The predicted molar refractivity (Wildman–Crippen MR) is 151 cm³/mol. The van der Waals surface area contributed by atoms with E-state index in [1.807, 2.05) is 24.3 Å². The van der Waals surface area contributed by atoms with Crippen LogP contribution in [-0.4, -0.2) is 42.3 Å².